The first-order valence-corrected chi connectivity index (χ1v) is 23.2. The Kier molecular flexibility index (Phi) is 23.5. The lowest BCUT2D eigenvalue weighted by molar-refractivity contribution is -0.137. The number of likely N-dealkylation sites (tertiary alicyclic amines) is 1. The third kappa shape index (κ3) is 19.0. The van der Waals surface area contributed by atoms with Crippen molar-refractivity contribution in [2.24, 2.45) is 71.0 Å². The fourth-order valence-electron chi connectivity index (χ4n) is 10.2. The molecule has 0 unspecified atom stereocenters. The maximum absolute atomic E-state index is 12.2. The van der Waals surface area contributed by atoms with Crippen LogP contribution in [0.1, 0.15) is 204 Å². The Bertz CT molecular complexity index is 875. The summed E-state index contributed by atoms with van der Waals surface area (Å²) in [7, 11) is 1.72. The summed E-state index contributed by atoms with van der Waals surface area (Å²) in [6.45, 7) is 25.7. The number of hydrogen-bond acceptors (Lipinski definition) is 2. The van der Waals surface area contributed by atoms with Gasteiger partial charge in [-0.2, -0.15) is 0 Å². The molecule has 5 fully saturated rings. The summed E-state index contributed by atoms with van der Waals surface area (Å²) in [5.41, 5.74) is 0. The normalized spacial score (nSPS) is 32.1. The van der Waals surface area contributed by atoms with Gasteiger partial charge in [-0.05, 0) is 168 Å². The van der Waals surface area contributed by atoms with E-state index in [0.717, 1.165) is 98.0 Å². The second kappa shape index (κ2) is 25.9. The molecule has 1 aliphatic heterocycles. The Morgan fingerprint density at radius 1 is 0.500 bits per heavy atom. The predicted molar refractivity (Wildman–Crippen MR) is 226 cm³/mol. The molecule has 5 rings (SSSR count). The summed E-state index contributed by atoms with van der Waals surface area (Å²) in [6, 6.07) is 0. The van der Waals surface area contributed by atoms with E-state index in [1.165, 1.54) is 109 Å². The Morgan fingerprint density at radius 2 is 0.827 bits per heavy atom. The fraction of sp³-hybridized carbons (Fsp3) is 0.958. The summed E-state index contributed by atoms with van der Waals surface area (Å²) in [5, 5.41) is 2.71. The van der Waals surface area contributed by atoms with Crippen molar-refractivity contribution >= 4 is 11.8 Å². The first-order chi connectivity index (χ1) is 24.7. The molecule has 1 N–H and O–H groups in total. The Balaban J connectivity index is 0.000000242. The lowest BCUT2D eigenvalue weighted by Crippen LogP contribution is -2.40. The molecule has 4 nitrogen and oxygen atoms in total. The van der Waals surface area contributed by atoms with Crippen LogP contribution in [0.5, 0.6) is 0 Å². The van der Waals surface area contributed by atoms with Crippen molar-refractivity contribution < 1.29 is 9.59 Å². The largest absolute Gasteiger partial charge is 0.359 e. The summed E-state index contributed by atoms with van der Waals surface area (Å²) in [6.07, 6.45) is 27.9. The standard InChI is InChI=1S/C13H23NO.2C13H26.C9H17NO/c1-11-5-7-12(8-6-11)13(15)14-9-3-2-4-10-14;2*1-10(2)9-12(4)13-7-5-11(3)6-8-13;1-7-3-5-8(6-4-7)9(11)10-2/h11-12H,2-10H2,1H3;2*10-13H,5-9H2,1-4H3;7-8H,3-6H2,1-2H3,(H,10,11)/t;2*11?,12-,13?;/m.10./s1. The van der Waals surface area contributed by atoms with Gasteiger partial charge in [0.15, 0.2) is 0 Å². The lowest BCUT2D eigenvalue weighted by atomic mass is 9.75. The first-order valence-electron chi connectivity index (χ1n) is 23.2. The molecular weight excluding hydrogens is 637 g/mol. The quantitative estimate of drug-likeness (QED) is 0.270. The van der Waals surface area contributed by atoms with E-state index in [4.69, 9.17) is 0 Å². The van der Waals surface area contributed by atoms with E-state index in [9.17, 15) is 9.59 Å². The van der Waals surface area contributed by atoms with E-state index in [1.54, 1.807) is 7.05 Å². The van der Waals surface area contributed by atoms with Crippen LogP contribution in [0.4, 0.5) is 0 Å². The average molecular weight is 729 g/mol. The smallest absolute Gasteiger partial charge is 0.225 e. The predicted octanol–water partition coefficient (Wildman–Crippen LogP) is 13.4. The maximum atomic E-state index is 12.2. The summed E-state index contributed by atoms with van der Waals surface area (Å²) >= 11 is 0. The zero-order chi connectivity index (χ0) is 38.6. The van der Waals surface area contributed by atoms with Crippen molar-refractivity contribution in [2.75, 3.05) is 20.1 Å². The molecule has 4 saturated carbocycles. The highest BCUT2D eigenvalue weighted by Gasteiger charge is 2.29. The second-order valence-electron chi connectivity index (χ2n) is 20.2. The van der Waals surface area contributed by atoms with E-state index in [-0.39, 0.29) is 5.91 Å². The average Bonchev–Trinajstić information content (AvgIpc) is 3.13. The number of piperidine rings is 1. The van der Waals surface area contributed by atoms with Crippen LogP contribution in [0, 0.1) is 71.0 Å². The number of rotatable bonds is 8. The van der Waals surface area contributed by atoms with E-state index in [2.05, 4.69) is 79.5 Å². The van der Waals surface area contributed by atoms with Gasteiger partial charge in [0, 0.05) is 32.0 Å². The van der Waals surface area contributed by atoms with Crippen LogP contribution in [0.15, 0.2) is 0 Å². The number of nitrogens with zero attached hydrogens (tertiary/aromatic N) is 1. The van der Waals surface area contributed by atoms with Crippen LogP contribution in [-0.4, -0.2) is 36.9 Å². The minimum Gasteiger partial charge on any atom is -0.359 e. The highest BCUT2D eigenvalue weighted by atomic mass is 16.2. The monoisotopic (exact) mass is 729 g/mol. The van der Waals surface area contributed by atoms with Crippen molar-refractivity contribution in [3.63, 3.8) is 0 Å². The van der Waals surface area contributed by atoms with Gasteiger partial charge in [-0.3, -0.25) is 9.59 Å². The molecule has 1 heterocycles. The van der Waals surface area contributed by atoms with Crippen LogP contribution >= 0.6 is 0 Å². The molecular formula is C48H92N2O2. The summed E-state index contributed by atoms with van der Waals surface area (Å²) in [5.74, 6) is 10.8. The third-order valence-corrected chi connectivity index (χ3v) is 14.1. The number of carbonyl (C=O) groups is 2. The van der Waals surface area contributed by atoms with Gasteiger partial charge in [-0.25, -0.2) is 0 Å². The first kappa shape index (κ1) is 47.1. The van der Waals surface area contributed by atoms with Crippen molar-refractivity contribution in [2.45, 2.75) is 204 Å². The fourth-order valence-corrected chi connectivity index (χ4v) is 10.2. The van der Waals surface area contributed by atoms with E-state index >= 15 is 0 Å². The van der Waals surface area contributed by atoms with Crippen molar-refractivity contribution in [1.82, 2.24) is 10.2 Å². The van der Waals surface area contributed by atoms with Gasteiger partial charge in [0.05, 0.1) is 0 Å². The van der Waals surface area contributed by atoms with Crippen LogP contribution in [0.2, 0.25) is 0 Å². The second-order valence-corrected chi connectivity index (χ2v) is 20.2. The summed E-state index contributed by atoms with van der Waals surface area (Å²) < 4.78 is 0. The highest BCUT2D eigenvalue weighted by Crippen LogP contribution is 2.37. The van der Waals surface area contributed by atoms with Crippen LogP contribution in [0.3, 0.4) is 0 Å². The van der Waals surface area contributed by atoms with Crippen molar-refractivity contribution in [3.05, 3.63) is 0 Å². The molecule has 0 aromatic heterocycles. The van der Waals surface area contributed by atoms with Gasteiger partial charge in [-0.15, -0.1) is 0 Å². The Labute approximate surface area is 326 Å². The molecule has 4 heteroatoms. The zero-order valence-electron chi connectivity index (χ0n) is 37.0. The molecule has 306 valence electrons. The highest BCUT2D eigenvalue weighted by molar-refractivity contribution is 5.79. The van der Waals surface area contributed by atoms with Gasteiger partial charge in [0.2, 0.25) is 11.8 Å². The summed E-state index contributed by atoms with van der Waals surface area (Å²) in [4.78, 5) is 25.5. The van der Waals surface area contributed by atoms with E-state index in [0.29, 0.717) is 17.7 Å². The van der Waals surface area contributed by atoms with E-state index in [1.807, 2.05) is 0 Å². The molecule has 2 atom stereocenters. The zero-order valence-corrected chi connectivity index (χ0v) is 37.0. The molecule has 0 aromatic rings. The van der Waals surface area contributed by atoms with Gasteiger partial charge < -0.3 is 10.2 Å². The Morgan fingerprint density at radius 3 is 1.15 bits per heavy atom. The Hall–Kier alpha value is -1.06. The topological polar surface area (TPSA) is 49.4 Å². The molecule has 5 aliphatic rings. The molecule has 2 amide bonds. The molecule has 0 radical (unpaired) electrons. The van der Waals surface area contributed by atoms with Crippen LogP contribution < -0.4 is 5.32 Å². The molecule has 52 heavy (non-hydrogen) atoms. The lowest BCUT2D eigenvalue weighted by Gasteiger charge is -2.33. The third-order valence-electron chi connectivity index (χ3n) is 14.1. The molecule has 0 bridgehead atoms. The molecule has 0 spiro atoms. The SMILES string of the molecule is CC(C)C[C@@H](C)C1CCC(C)CC1.CC(C)C[C@H](C)C1CCC(C)CC1.CC1CCC(C(=O)N2CCCCC2)CC1.CNC(=O)C1CCC(C)CC1. The minimum absolute atomic E-state index is 0.233. The maximum Gasteiger partial charge on any atom is 0.225 e. The molecule has 0 aromatic carbocycles. The van der Waals surface area contributed by atoms with Crippen molar-refractivity contribution in [3.8, 4) is 0 Å². The number of hydrogen-bond donors (Lipinski definition) is 1. The van der Waals surface area contributed by atoms with E-state index < -0.39 is 0 Å². The minimum atomic E-state index is 0.233. The van der Waals surface area contributed by atoms with Gasteiger partial charge >= 0.3 is 0 Å². The van der Waals surface area contributed by atoms with Gasteiger partial charge in [-0.1, -0.05) is 94.9 Å². The molecule has 1 saturated heterocycles. The molecule has 4 aliphatic carbocycles. The van der Waals surface area contributed by atoms with Crippen molar-refractivity contribution in [1.29, 1.82) is 0 Å². The number of nitrogens with one attached hydrogen (secondary N) is 1. The van der Waals surface area contributed by atoms with Gasteiger partial charge in [0.1, 0.15) is 0 Å². The van der Waals surface area contributed by atoms with Crippen LogP contribution in [-0.2, 0) is 9.59 Å². The van der Waals surface area contributed by atoms with Crippen LogP contribution in [0.25, 0.3) is 0 Å². The van der Waals surface area contributed by atoms with Gasteiger partial charge in [0.25, 0.3) is 0 Å². The number of amides is 2. The number of carbonyl (C=O) groups excluding carboxylic acids is 2.